The molecular weight excluding hydrogens is 376 g/mol. The number of nitrogens with one attached hydrogen (secondary N) is 1. The Morgan fingerprint density at radius 3 is 2.41 bits per heavy atom. The summed E-state index contributed by atoms with van der Waals surface area (Å²) < 4.78 is 5.01. The summed E-state index contributed by atoms with van der Waals surface area (Å²) in [5.74, 6) is -1.38. The van der Waals surface area contributed by atoms with E-state index in [1.54, 1.807) is 37.3 Å². The number of nitro benzene ring substituents is 1. The SMILES string of the molecule is CC(=O)NCCCc1ccc(C(=O)COC(=O)c2c(C)cccc2[N+](=O)[O-])cc1. The maximum absolute atomic E-state index is 12.3. The van der Waals surface area contributed by atoms with Crippen LogP contribution in [0.4, 0.5) is 5.69 Å². The molecule has 0 spiro atoms. The van der Waals surface area contributed by atoms with Crippen molar-refractivity contribution >= 4 is 23.3 Å². The molecule has 1 N–H and O–H groups in total. The molecule has 1 amide bonds. The molecule has 0 saturated carbocycles. The molecule has 0 aliphatic heterocycles. The highest BCUT2D eigenvalue weighted by molar-refractivity contribution is 6.00. The van der Waals surface area contributed by atoms with Gasteiger partial charge < -0.3 is 10.1 Å². The standard InChI is InChI=1S/C21H22N2O6/c1-14-5-3-7-18(23(27)28)20(14)21(26)29-13-19(25)17-10-8-16(9-11-17)6-4-12-22-15(2)24/h3,5,7-11H,4,6,12-13H2,1-2H3,(H,22,24). The van der Waals surface area contributed by atoms with E-state index in [-0.39, 0.29) is 17.2 Å². The van der Waals surface area contributed by atoms with Crippen LogP contribution in [0.2, 0.25) is 0 Å². The van der Waals surface area contributed by atoms with Crippen LogP contribution in [0.5, 0.6) is 0 Å². The van der Waals surface area contributed by atoms with Gasteiger partial charge in [0.25, 0.3) is 5.69 Å². The Morgan fingerprint density at radius 2 is 1.79 bits per heavy atom. The Hall–Kier alpha value is -3.55. The zero-order valence-electron chi connectivity index (χ0n) is 16.3. The van der Waals surface area contributed by atoms with Crippen LogP contribution in [-0.2, 0) is 16.0 Å². The highest BCUT2D eigenvalue weighted by atomic mass is 16.6. The number of amides is 1. The van der Waals surface area contributed by atoms with E-state index in [9.17, 15) is 24.5 Å². The lowest BCUT2D eigenvalue weighted by molar-refractivity contribution is -0.385. The third-order valence-corrected chi connectivity index (χ3v) is 4.28. The van der Waals surface area contributed by atoms with Gasteiger partial charge in [-0.2, -0.15) is 0 Å². The predicted molar refractivity (Wildman–Crippen MR) is 106 cm³/mol. The highest BCUT2D eigenvalue weighted by Gasteiger charge is 2.24. The minimum atomic E-state index is -0.905. The Bertz CT molecular complexity index is 921. The van der Waals surface area contributed by atoms with Crippen molar-refractivity contribution in [1.29, 1.82) is 0 Å². The van der Waals surface area contributed by atoms with Crippen molar-refractivity contribution in [2.24, 2.45) is 0 Å². The summed E-state index contributed by atoms with van der Waals surface area (Å²) in [6.45, 7) is 3.10. The fourth-order valence-corrected chi connectivity index (χ4v) is 2.77. The van der Waals surface area contributed by atoms with Gasteiger partial charge in [-0.25, -0.2) is 4.79 Å². The van der Waals surface area contributed by atoms with Gasteiger partial charge in [0.1, 0.15) is 5.56 Å². The van der Waals surface area contributed by atoms with Crippen molar-refractivity contribution in [3.8, 4) is 0 Å². The third kappa shape index (κ3) is 6.24. The molecule has 2 rings (SSSR count). The molecule has 2 aromatic carbocycles. The second-order valence-corrected chi connectivity index (χ2v) is 6.51. The average Bonchev–Trinajstić information content (AvgIpc) is 2.69. The number of carbonyl (C=O) groups is 3. The van der Waals surface area contributed by atoms with Gasteiger partial charge in [0, 0.05) is 25.1 Å². The molecular formula is C21H22N2O6. The van der Waals surface area contributed by atoms with Gasteiger partial charge in [-0.15, -0.1) is 0 Å². The minimum absolute atomic E-state index is 0.0727. The van der Waals surface area contributed by atoms with E-state index in [0.29, 0.717) is 17.7 Å². The zero-order chi connectivity index (χ0) is 21.4. The first-order valence-corrected chi connectivity index (χ1v) is 9.07. The van der Waals surface area contributed by atoms with E-state index < -0.39 is 23.3 Å². The van der Waals surface area contributed by atoms with Crippen LogP contribution in [0.25, 0.3) is 0 Å². The monoisotopic (exact) mass is 398 g/mol. The van der Waals surface area contributed by atoms with Gasteiger partial charge >= 0.3 is 5.97 Å². The number of carbonyl (C=O) groups excluding carboxylic acids is 3. The van der Waals surface area contributed by atoms with Gasteiger partial charge in [0.05, 0.1) is 4.92 Å². The summed E-state index contributed by atoms with van der Waals surface area (Å²) in [6, 6.07) is 11.1. The molecule has 8 heteroatoms. The number of hydrogen-bond donors (Lipinski definition) is 1. The van der Waals surface area contributed by atoms with Gasteiger partial charge in [-0.3, -0.25) is 19.7 Å². The Kier molecular flexibility index (Phi) is 7.59. The predicted octanol–water partition coefficient (Wildman–Crippen LogP) is 3.01. The van der Waals surface area contributed by atoms with Gasteiger partial charge in [0.2, 0.25) is 5.91 Å². The summed E-state index contributed by atoms with van der Waals surface area (Å²) in [4.78, 5) is 45.8. The van der Waals surface area contributed by atoms with Crippen LogP contribution in [0.15, 0.2) is 42.5 Å². The second kappa shape index (κ2) is 10.1. The molecule has 0 fully saturated rings. The minimum Gasteiger partial charge on any atom is -0.453 e. The molecule has 0 heterocycles. The van der Waals surface area contributed by atoms with Crippen molar-refractivity contribution in [1.82, 2.24) is 5.32 Å². The lowest BCUT2D eigenvalue weighted by Gasteiger charge is -2.08. The third-order valence-electron chi connectivity index (χ3n) is 4.28. The van der Waals surface area contributed by atoms with Gasteiger partial charge in [-0.05, 0) is 30.9 Å². The quantitative estimate of drug-likeness (QED) is 0.228. The zero-order valence-corrected chi connectivity index (χ0v) is 16.3. The molecule has 0 aliphatic carbocycles. The number of esters is 1. The molecule has 2 aromatic rings. The molecule has 0 saturated heterocycles. The normalized spacial score (nSPS) is 10.3. The fraction of sp³-hybridized carbons (Fsp3) is 0.286. The first-order chi connectivity index (χ1) is 13.8. The summed E-state index contributed by atoms with van der Waals surface area (Å²) in [5, 5.41) is 13.8. The molecule has 0 unspecified atom stereocenters. The number of benzene rings is 2. The van der Waals surface area contributed by atoms with Crippen molar-refractivity contribution in [3.05, 3.63) is 74.8 Å². The van der Waals surface area contributed by atoms with Crippen molar-refractivity contribution in [2.45, 2.75) is 26.7 Å². The molecule has 0 atom stereocenters. The number of rotatable bonds is 9. The van der Waals surface area contributed by atoms with Crippen LogP contribution in [0.1, 0.15) is 45.2 Å². The highest BCUT2D eigenvalue weighted by Crippen LogP contribution is 2.22. The van der Waals surface area contributed by atoms with E-state index in [1.807, 2.05) is 0 Å². The fourth-order valence-electron chi connectivity index (χ4n) is 2.77. The van der Waals surface area contributed by atoms with E-state index >= 15 is 0 Å². The van der Waals surface area contributed by atoms with Crippen LogP contribution in [0.3, 0.4) is 0 Å². The number of ether oxygens (including phenoxy) is 1. The first kappa shape index (κ1) is 21.7. The number of nitro groups is 1. The van der Waals surface area contributed by atoms with Crippen LogP contribution >= 0.6 is 0 Å². The van der Waals surface area contributed by atoms with Crippen LogP contribution in [-0.4, -0.2) is 35.7 Å². The first-order valence-electron chi connectivity index (χ1n) is 9.07. The van der Waals surface area contributed by atoms with Crippen molar-refractivity contribution in [3.63, 3.8) is 0 Å². The number of ketones is 1. The second-order valence-electron chi connectivity index (χ2n) is 6.51. The summed E-state index contributed by atoms with van der Waals surface area (Å²) in [6.07, 6.45) is 1.53. The maximum atomic E-state index is 12.3. The summed E-state index contributed by atoms with van der Waals surface area (Å²) in [5.41, 5.74) is 1.29. The average molecular weight is 398 g/mol. The number of hydrogen-bond acceptors (Lipinski definition) is 6. The smallest absolute Gasteiger partial charge is 0.345 e. The van der Waals surface area contributed by atoms with Gasteiger partial charge in [0.15, 0.2) is 12.4 Å². The van der Waals surface area contributed by atoms with E-state index in [0.717, 1.165) is 18.4 Å². The Labute approximate surface area is 168 Å². The van der Waals surface area contributed by atoms with Gasteiger partial charge in [-0.1, -0.05) is 36.4 Å². The Morgan fingerprint density at radius 1 is 1.10 bits per heavy atom. The van der Waals surface area contributed by atoms with Crippen LogP contribution < -0.4 is 5.32 Å². The molecule has 0 aliphatic rings. The summed E-state index contributed by atoms with van der Waals surface area (Å²) >= 11 is 0. The molecule has 0 bridgehead atoms. The molecule has 0 aromatic heterocycles. The largest absolute Gasteiger partial charge is 0.453 e. The van der Waals surface area contributed by atoms with Crippen LogP contribution in [0, 0.1) is 17.0 Å². The van der Waals surface area contributed by atoms with Crippen molar-refractivity contribution in [2.75, 3.05) is 13.2 Å². The maximum Gasteiger partial charge on any atom is 0.345 e. The molecule has 29 heavy (non-hydrogen) atoms. The number of aryl methyl sites for hydroxylation is 2. The topological polar surface area (TPSA) is 116 Å². The van der Waals surface area contributed by atoms with E-state index in [2.05, 4.69) is 5.32 Å². The van der Waals surface area contributed by atoms with E-state index in [1.165, 1.54) is 19.1 Å². The van der Waals surface area contributed by atoms with E-state index in [4.69, 9.17) is 4.74 Å². The molecule has 8 nitrogen and oxygen atoms in total. The number of nitrogens with zero attached hydrogens (tertiary/aromatic N) is 1. The van der Waals surface area contributed by atoms with Crippen molar-refractivity contribution < 1.29 is 24.0 Å². The number of Topliss-reactive ketones (excluding diaryl/α,β-unsaturated/α-hetero) is 1. The lowest BCUT2D eigenvalue weighted by Crippen LogP contribution is -2.21. The molecule has 0 radical (unpaired) electrons. The molecule has 152 valence electrons. The Balaban J connectivity index is 1.93. The summed E-state index contributed by atoms with van der Waals surface area (Å²) in [7, 11) is 0. The lowest BCUT2D eigenvalue weighted by atomic mass is 10.1.